The molecule has 5 rings (SSSR count). The van der Waals surface area contributed by atoms with Gasteiger partial charge in [-0.15, -0.1) is 0 Å². The fraction of sp³-hybridized carbons (Fsp3) is 0.212. The highest BCUT2D eigenvalue weighted by molar-refractivity contribution is 5.90. The molecule has 0 radical (unpaired) electrons. The molecule has 0 heterocycles. The summed E-state index contributed by atoms with van der Waals surface area (Å²) < 4.78 is 12.6. The molecule has 4 nitrogen and oxygen atoms in total. The van der Waals surface area contributed by atoms with E-state index >= 15 is 0 Å². The van der Waals surface area contributed by atoms with E-state index in [4.69, 9.17) is 9.47 Å². The minimum absolute atomic E-state index is 0.200. The molecule has 0 aromatic heterocycles. The number of hydrogen-bond acceptors (Lipinski definition) is 4. The molecule has 4 heteroatoms. The van der Waals surface area contributed by atoms with Crippen molar-refractivity contribution in [2.45, 2.75) is 44.3 Å². The van der Waals surface area contributed by atoms with E-state index in [-0.39, 0.29) is 5.92 Å². The molecule has 4 atom stereocenters. The fourth-order valence-corrected chi connectivity index (χ4v) is 5.61. The molecule has 0 amide bonds. The second kappa shape index (κ2) is 10.1. The molecule has 1 aliphatic rings. The summed E-state index contributed by atoms with van der Waals surface area (Å²) in [7, 11) is 0. The normalized spacial score (nSPS) is 22.5. The molecule has 4 aromatic rings. The van der Waals surface area contributed by atoms with Gasteiger partial charge in [-0.2, -0.15) is 0 Å². The van der Waals surface area contributed by atoms with Crippen molar-refractivity contribution in [3.05, 3.63) is 143 Å². The zero-order chi connectivity index (χ0) is 26.0. The molecule has 4 aromatic carbocycles. The van der Waals surface area contributed by atoms with Gasteiger partial charge in [0.1, 0.15) is 6.10 Å². The van der Waals surface area contributed by atoms with Crippen LogP contribution in [0.3, 0.4) is 0 Å². The number of carbonyl (C=O) groups excluding carboxylic acids is 2. The Morgan fingerprint density at radius 1 is 0.649 bits per heavy atom. The Morgan fingerprint density at radius 3 is 1.73 bits per heavy atom. The van der Waals surface area contributed by atoms with E-state index in [1.807, 2.05) is 55.5 Å². The third kappa shape index (κ3) is 4.44. The lowest BCUT2D eigenvalue weighted by Gasteiger charge is -2.49. The van der Waals surface area contributed by atoms with Gasteiger partial charge >= 0.3 is 11.9 Å². The summed E-state index contributed by atoms with van der Waals surface area (Å²) in [6.45, 7) is 6.18. The molecule has 0 unspecified atom stereocenters. The topological polar surface area (TPSA) is 52.6 Å². The Morgan fingerprint density at radius 2 is 1.14 bits per heavy atom. The highest BCUT2D eigenvalue weighted by Gasteiger charge is 2.54. The molecule has 0 saturated carbocycles. The second-order valence-corrected chi connectivity index (χ2v) is 9.82. The van der Waals surface area contributed by atoms with Crippen LogP contribution in [0.25, 0.3) is 0 Å². The fourth-order valence-electron chi connectivity index (χ4n) is 5.61. The van der Waals surface area contributed by atoms with Gasteiger partial charge in [-0.05, 0) is 60.4 Å². The summed E-state index contributed by atoms with van der Waals surface area (Å²) in [5.41, 5.74) is 4.39. The van der Waals surface area contributed by atoms with E-state index in [1.165, 1.54) is 0 Å². The zero-order valence-electron chi connectivity index (χ0n) is 21.3. The van der Waals surface area contributed by atoms with Crippen LogP contribution in [0.1, 0.15) is 62.7 Å². The van der Waals surface area contributed by atoms with Gasteiger partial charge in [0.15, 0.2) is 6.10 Å². The van der Waals surface area contributed by atoms with Crippen molar-refractivity contribution in [3.63, 3.8) is 0 Å². The van der Waals surface area contributed by atoms with Gasteiger partial charge < -0.3 is 9.47 Å². The quantitative estimate of drug-likeness (QED) is 0.287. The van der Waals surface area contributed by atoms with E-state index in [2.05, 4.69) is 38.1 Å². The second-order valence-electron chi connectivity index (χ2n) is 9.82. The van der Waals surface area contributed by atoms with E-state index in [0.29, 0.717) is 11.1 Å². The Labute approximate surface area is 217 Å². The summed E-state index contributed by atoms with van der Waals surface area (Å²) in [5.74, 6) is -1.09. The van der Waals surface area contributed by atoms with E-state index < -0.39 is 29.6 Å². The molecule has 186 valence electrons. The summed E-state index contributed by atoms with van der Waals surface area (Å²) in [6.07, 6.45) is -1.47. The van der Waals surface area contributed by atoms with E-state index in [0.717, 1.165) is 22.3 Å². The summed E-state index contributed by atoms with van der Waals surface area (Å²) in [5, 5.41) is 0. The molecule has 0 bridgehead atoms. The lowest BCUT2D eigenvalue weighted by Crippen LogP contribution is -2.55. The van der Waals surface area contributed by atoms with Gasteiger partial charge in [-0.25, -0.2) is 9.59 Å². The number of benzene rings is 4. The summed E-state index contributed by atoms with van der Waals surface area (Å²) in [6, 6.07) is 34.2. The number of fused-ring (bicyclic) bond motifs is 1. The average Bonchev–Trinajstić information content (AvgIpc) is 2.94. The molecule has 0 spiro atoms. The van der Waals surface area contributed by atoms with Crippen molar-refractivity contribution in [1.82, 2.24) is 0 Å². The summed E-state index contributed by atoms with van der Waals surface area (Å²) >= 11 is 0. The Balaban J connectivity index is 1.67. The van der Waals surface area contributed by atoms with Gasteiger partial charge in [0, 0.05) is 5.92 Å². The first kappa shape index (κ1) is 24.5. The monoisotopic (exact) mass is 490 g/mol. The van der Waals surface area contributed by atoms with Crippen molar-refractivity contribution >= 4 is 11.9 Å². The predicted octanol–water partition coefficient (Wildman–Crippen LogP) is 6.87. The Kier molecular flexibility index (Phi) is 6.66. The van der Waals surface area contributed by atoms with Crippen LogP contribution in [0.4, 0.5) is 0 Å². The maximum Gasteiger partial charge on any atom is 0.338 e. The molecule has 1 aliphatic carbocycles. The van der Waals surface area contributed by atoms with E-state index in [1.54, 1.807) is 36.4 Å². The van der Waals surface area contributed by atoms with Gasteiger partial charge in [0.25, 0.3) is 0 Å². The maximum absolute atomic E-state index is 13.5. The smallest absolute Gasteiger partial charge is 0.338 e. The third-order valence-corrected chi connectivity index (χ3v) is 7.57. The highest BCUT2D eigenvalue weighted by atomic mass is 16.6. The zero-order valence-corrected chi connectivity index (χ0v) is 21.3. The van der Waals surface area contributed by atoms with Crippen molar-refractivity contribution < 1.29 is 19.1 Å². The third-order valence-electron chi connectivity index (χ3n) is 7.57. The van der Waals surface area contributed by atoms with Crippen LogP contribution in [0.15, 0.2) is 109 Å². The molecular formula is C33H30O4. The Bertz CT molecular complexity index is 1410. The first-order chi connectivity index (χ1) is 17.9. The predicted molar refractivity (Wildman–Crippen MR) is 144 cm³/mol. The van der Waals surface area contributed by atoms with Crippen LogP contribution >= 0.6 is 0 Å². The van der Waals surface area contributed by atoms with E-state index in [9.17, 15) is 9.59 Å². The molecular weight excluding hydrogens is 460 g/mol. The van der Waals surface area contributed by atoms with Gasteiger partial charge in [-0.1, -0.05) is 91.9 Å². The lowest BCUT2D eigenvalue weighted by atomic mass is 9.61. The van der Waals surface area contributed by atoms with Crippen molar-refractivity contribution in [2.24, 2.45) is 0 Å². The highest BCUT2D eigenvalue weighted by Crippen LogP contribution is 2.50. The molecule has 0 saturated heterocycles. The van der Waals surface area contributed by atoms with Crippen LogP contribution in [-0.4, -0.2) is 24.1 Å². The average molecular weight is 491 g/mol. The number of carbonyl (C=O) groups is 2. The van der Waals surface area contributed by atoms with Crippen LogP contribution in [-0.2, 0) is 14.9 Å². The molecule has 0 aliphatic heterocycles. The number of hydrogen-bond donors (Lipinski definition) is 0. The number of rotatable bonds is 5. The molecule has 37 heavy (non-hydrogen) atoms. The Hall–Kier alpha value is -4.18. The minimum atomic E-state index is -0.765. The van der Waals surface area contributed by atoms with Gasteiger partial charge in [0.05, 0.1) is 16.5 Å². The number of ether oxygens (including phenoxy) is 2. The lowest BCUT2D eigenvalue weighted by molar-refractivity contribution is -0.0692. The first-order valence-electron chi connectivity index (χ1n) is 12.6. The van der Waals surface area contributed by atoms with Crippen molar-refractivity contribution in [3.8, 4) is 0 Å². The largest absolute Gasteiger partial charge is 0.454 e. The van der Waals surface area contributed by atoms with Crippen LogP contribution in [0, 0.1) is 6.92 Å². The SMILES string of the molecule is Cc1ccccc1[C@]1(C)c2ccccc2[C@H](C)[C@@H](OC(=O)c2ccccc2)[C@H]1OC(=O)c1ccccc1. The van der Waals surface area contributed by atoms with Crippen molar-refractivity contribution in [2.75, 3.05) is 0 Å². The van der Waals surface area contributed by atoms with Crippen LogP contribution in [0.5, 0.6) is 0 Å². The van der Waals surface area contributed by atoms with Gasteiger partial charge in [0.2, 0.25) is 0 Å². The van der Waals surface area contributed by atoms with Crippen molar-refractivity contribution in [1.29, 1.82) is 0 Å². The molecule has 0 fully saturated rings. The molecule has 0 N–H and O–H groups in total. The van der Waals surface area contributed by atoms with Crippen LogP contribution in [0.2, 0.25) is 0 Å². The van der Waals surface area contributed by atoms with Gasteiger partial charge in [-0.3, -0.25) is 0 Å². The number of aryl methyl sites for hydroxylation is 1. The minimum Gasteiger partial charge on any atom is -0.454 e. The van der Waals surface area contributed by atoms with Crippen LogP contribution < -0.4 is 0 Å². The standard InChI is InChI=1S/C33H30O4/c1-22-14-10-12-20-27(22)33(3)28-21-13-11-19-26(28)23(2)29(36-31(34)24-15-6-4-7-16-24)30(33)37-32(35)25-17-8-5-9-18-25/h4-21,23,29-30H,1-3H3/t23-,29+,30+,33+/m0/s1. The summed E-state index contributed by atoms with van der Waals surface area (Å²) in [4.78, 5) is 26.8. The number of esters is 2. The first-order valence-corrected chi connectivity index (χ1v) is 12.6. The maximum atomic E-state index is 13.5.